The first-order valence-corrected chi connectivity index (χ1v) is 7.21. The van der Waals surface area contributed by atoms with E-state index in [4.69, 9.17) is 18.0 Å². The standard InChI is InChI=1S/C13H27N3S/c1-4-11(9-13(14)17)16-8-6-7-15(3)10-12(16)5-2/h11-12H,4-10H2,1-3H3,(H2,14,17). The van der Waals surface area contributed by atoms with E-state index in [9.17, 15) is 0 Å². The molecule has 3 nitrogen and oxygen atoms in total. The lowest BCUT2D eigenvalue weighted by molar-refractivity contribution is 0.127. The van der Waals surface area contributed by atoms with E-state index in [1.807, 2.05) is 0 Å². The van der Waals surface area contributed by atoms with Crippen LogP contribution in [0.25, 0.3) is 0 Å². The number of rotatable bonds is 5. The lowest BCUT2D eigenvalue weighted by Gasteiger charge is -2.36. The smallest absolute Gasteiger partial charge is 0.0743 e. The monoisotopic (exact) mass is 257 g/mol. The minimum absolute atomic E-state index is 0.531. The summed E-state index contributed by atoms with van der Waals surface area (Å²) in [6.45, 7) is 8.08. The Hall–Kier alpha value is -0.190. The first-order valence-electron chi connectivity index (χ1n) is 6.81. The lowest BCUT2D eigenvalue weighted by Crippen LogP contribution is -2.46. The molecule has 0 aromatic carbocycles. The van der Waals surface area contributed by atoms with Crippen LogP contribution in [0.4, 0.5) is 0 Å². The second kappa shape index (κ2) is 7.29. The fraction of sp³-hybridized carbons (Fsp3) is 0.923. The van der Waals surface area contributed by atoms with Crippen LogP contribution in [0.3, 0.4) is 0 Å². The van der Waals surface area contributed by atoms with Crippen LogP contribution < -0.4 is 5.73 Å². The van der Waals surface area contributed by atoms with Crippen molar-refractivity contribution in [2.24, 2.45) is 5.73 Å². The van der Waals surface area contributed by atoms with Crippen LogP contribution in [0.2, 0.25) is 0 Å². The number of hydrogen-bond acceptors (Lipinski definition) is 3. The van der Waals surface area contributed by atoms with Gasteiger partial charge in [-0.15, -0.1) is 0 Å². The first-order chi connectivity index (χ1) is 8.08. The topological polar surface area (TPSA) is 32.5 Å². The molecule has 0 saturated carbocycles. The summed E-state index contributed by atoms with van der Waals surface area (Å²) in [5.74, 6) is 0. The summed E-state index contributed by atoms with van der Waals surface area (Å²) in [7, 11) is 2.22. The minimum atomic E-state index is 0.531. The highest BCUT2D eigenvalue weighted by atomic mass is 32.1. The van der Waals surface area contributed by atoms with E-state index in [0.717, 1.165) is 12.8 Å². The Kier molecular flexibility index (Phi) is 6.38. The van der Waals surface area contributed by atoms with Gasteiger partial charge in [0.05, 0.1) is 4.99 Å². The molecular formula is C13H27N3S. The molecule has 0 spiro atoms. The molecule has 0 aromatic heterocycles. The third-order valence-corrected chi connectivity index (χ3v) is 3.96. The summed E-state index contributed by atoms with van der Waals surface area (Å²) in [5.41, 5.74) is 5.72. The summed E-state index contributed by atoms with van der Waals surface area (Å²) in [6.07, 6.45) is 4.46. The highest BCUT2D eigenvalue weighted by Crippen LogP contribution is 2.19. The van der Waals surface area contributed by atoms with Crippen LogP contribution in [0.15, 0.2) is 0 Å². The molecule has 2 unspecified atom stereocenters. The molecule has 0 radical (unpaired) electrons. The van der Waals surface area contributed by atoms with Crippen molar-refractivity contribution in [3.8, 4) is 0 Å². The van der Waals surface area contributed by atoms with Crippen molar-refractivity contribution in [1.82, 2.24) is 9.80 Å². The average Bonchev–Trinajstić information content (AvgIpc) is 2.47. The summed E-state index contributed by atoms with van der Waals surface area (Å²) in [6, 6.07) is 1.19. The maximum absolute atomic E-state index is 5.72. The van der Waals surface area contributed by atoms with Crippen LogP contribution in [0, 0.1) is 0 Å². The summed E-state index contributed by atoms with van der Waals surface area (Å²) in [4.78, 5) is 5.74. The van der Waals surface area contributed by atoms with Crippen molar-refractivity contribution >= 4 is 17.2 Å². The molecule has 0 amide bonds. The van der Waals surface area contributed by atoms with Gasteiger partial charge in [-0.05, 0) is 32.9 Å². The van der Waals surface area contributed by atoms with Gasteiger partial charge >= 0.3 is 0 Å². The second-order valence-corrected chi connectivity index (χ2v) is 5.67. The van der Waals surface area contributed by atoms with Gasteiger partial charge < -0.3 is 10.6 Å². The quantitative estimate of drug-likeness (QED) is 0.762. The third-order valence-electron chi connectivity index (χ3n) is 3.80. The minimum Gasteiger partial charge on any atom is -0.393 e. The molecule has 1 saturated heterocycles. The van der Waals surface area contributed by atoms with Gasteiger partial charge in [0, 0.05) is 31.6 Å². The highest BCUT2D eigenvalue weighted by molar-refractivity contribution is 7.80. The molecule has 1 fully saturated rings. The SMILES string of the molecule is CCC(CC(N)=S)N1CCCN(C)CC1CC. The molecular weight excluding hydrogens is 230 g/mol. The molecule has 1 rings (SSSR count). The Bertz CT molecular complexity index is 245. The van der Waals surface area contributed by atoms with E-state index in [2.05, 4.69) is 30.7 Å². The van der Waals surface area contributed by atoms with Crippen molar-refractivity contribution in [3.63, 3.8) is 0 Å². The van der Waals surface area contributed by atoms with E-state index >= 15 is 0 Å². The van der Waals surface area contributed by atoms with E-state index in [1.165, 1.54) is 32.5 Å². The average molecular weight is 257 g/mol. The van der Waals surface area contributed by atoms with Crippen molar-refractivity contribution in [3.05, 3.63) is 0 Å². The molecule has 0 aliphatic carbocycles. The Morgan fingerprint density at radius 1 is 1.41 bits per heavy atom. The second-order valence-electron chi connectivity index (χ2n) is 5.15. The highest BCUT2D eigenvalue weighted by Gasteiger charge is 2.27. The number of thiocarbonyl (C=S) groups is 1. The maximum Gasteiger partial charge on any atom is 0.0743 e. The fourth-order valence-electron chi connectivity index (χ4n) is 2.83. The maximum atomic E-state index is 5.72. The zero-order valence-electron chi connectivity index (χ0n) is 11.5. The van der Waals surface area contributed by atoms with Crippen LogP contribution in [-0.4, -0.2) is 53.6 Å². The van der Waals surface area contributed by atoms with Gasteiger partial charge in [-0.2, -0.15) is 0 Å². The van der Waals surface area contributed by atoms with Gasteiger partial charge in [0.25, 0.3) is 0 Å². The van der Waals surface area contributed by atoms with Crippen molar-refractivity contribution in [2.75, 3.05) is 26.7 Å². The van der Waals surface area contributed by atoms with Gasteiger partial charge in [-0.3, -0.25) is 4.90 Å². The molecule has 1 heterocycles. The first kappa shape index (κ1) is 14.9. The van der Waals surface area contributed by atoms with Crippen LogP contribution in [0.5, 0.6) is 0 Å². The molecule has 0 aromatic rings. The number of nitrogens with two attached hydrogens (primary N) is 1. The predicted octanol–water partition coefficient (Wildman–Crippen LogP) is 1.86. The van der Waals surface area contributed by atoms with E-state index < -0.39 is 0 Å². The van der Waals surface area contributed by atoms with E-state index in [1.54, 1.807) is 0 Å². The van der Waals surface area contributed by atoms with Gasteiger partial charge in [-0.25, -0.2) is 0 Å². The van der Waals surface area contributed by atoms with Crippen LogP contribution >= 0.6 is 12.2 Å². The molecule has 2 N–H and O–H groups in total. The Morgan fingerprint density at radius 2 is 2.12 bits per heavy atom. The van der Waals surface area contributed by atoms with Gasteiger partial charge in [0.15, 0.2) is 0 Å². The summed E-state index contributed by atoms with van der Waals surface area (Å²) >= 11 is 5.08. The molecule has 100 valence electrons. The fourth-order valence-corrected chi connectivity index (χ4v) is 3.03. The molecule has 2 atom stereocenters. The predicted molar refractivity (Wildman–Crippen MR) is 78.4 cm³/mol. The summed E-state index contributed by atoms with van der Waals surface area (Å²) < 4.78 is 0. The molecule has 0 bridgehead atoms. The van der Waals surface area contributed by atoms with Crippen LogP contribution in [0.1, 0.15) is 39.5 Å². The van der Waals surface area contributed by atoms with Crippen LogP contribution in [-0.2, 0) is 0 Å². The number of nitrogens with zero attached hydrogens (tertiary/aromatic N) is 2. The van der Waals surface area contributed by atoms with Crippen molar-refractivity contribution in [2.45, 2.75) is 51.6 Å². The van der Waals surface area contributed by atoms with Gasteiger partial charge in [-0.1, -0.05) is 26.1 Å². The van der Waals surface area contributed by atoms with Crippen molar-refractivity contribution in [1.29, 1.82) is 0 Å². The van der Waals surface area contributed by atoms with Gasteiger partial charge in [0.2, 0.25) is 0 Å². The van der Waals surface area contributed by atoms with E-state index in [-0.39, 0.29) is 0 Å². The summed E-state index contributed by atoms with van der Waals surface area (Å²) in [5, 5.41) is 0. The van der Waals surface area contributed by atoms with Gasteiger partial charge in [0.1, 0.15) is 0 Å². The normalized spacial score (nSPS) is 25.5. The van der Waals surface area contributed by atoms with Crippen molar-refractivity contribution < 1.29 is 0 Å². The third kappa shape index (κ3) is 4.53. The Balaban J connectivity index is 2.71. The molecule has 1 aliphatic rings. The van der Waals surface area contributed by atoms with E-state index in [0.29, 0.717) is 17.1 Å². The molecule has 1 aliphatic heterocycles. The lowest BCUT2D eigenvalue weighted by atomic mass is 10.0. The largest absolute Gasteiger partial charge is 0.393 e. The zero-order valence-corrected chi connectivity index (χ0v) is 12.3. The Labute approximate surface area is 111 Å². The number of hydrogen-bond donors (Lipinski definition) is 1. The zero-order chi connectivity index (χ0) is 12.8. The molecule has 4 heteroatoms. The Morgan fingerprint density at radius 3 is 2.65 bits per heavy atom. The number of likely N-dealkylation sites (N-methyl/N-ethyl adjacent to an activating group) is 1. The molecule has 17 heavy (non-hydrogen) atoms.